The number of esters is 1. The minimum Gasteiger partial charge on any atom is -0.497 e. The van der Waals surface area contributed by atoms with Gasteiger partial charge in [0.25, 0.3) is 5.91 Å². The third kappa shape index (κ3) is 6.00. The Kier molecular flexibility index (Phi) is 8.89. The number of fused-ring (bicyclic) bond motifs is 2. The number of rotatable bonds is 9. The lowest BCUT2D eigenvalue weighted by Crippen LogP contribution is -2.32. The maximum Gasteiger partial charge on any atom is 0.338 e. The molecule has 1 saturated heterocycles. The summed E-state index contributed by atoms with van der Waals surface area (Å²) >= 11 is 8.51. The van der Waals surface area contributed by atoms with Gasteiger partial charge in [0.15, 0.2) is 6.61 Å². The highest BCUT2D eigenvalue weighted by molar-refractivity contribution is 8.00. The predicted molar refractivity (Wildman–Crippen MR) is 173 cm³/mol. The van der Waals surface area contributed by atoms with Gasteiger partial charge in [0.05, 0.1) is 35.9 Å². The van der Waals surface area contributed by atoms with Gasteiger partial charge < -0.3 is 24.5 Å². The second kappa shape index (κ2) is 13.0. The number of nitrogens with one attached hydrogen (secondary N) is 2. The van der Waals surface area contributed by atoms with Crippen molar-refractivity contribution in [3.63, 3.8) is 0 Å². The van der Waals surface area contributed by atoms with Crippen molar-refractivity contribution in [2.24, 2.45) is 5.92 Å². The molecule has 2 aliphatic rings. The number of hydrogen-bond donors (Lipinski definition) is 2. The van der Waals surface area contributed by atoms with Crippen LogP contribution in [0.25, 0.3) is 0 Å². The molecule has 0 saturated carbocycles. The van der Waals surface area contributed by atoms with E-state index >= 15 is 0 Å². The molecule has 0 aliphatic carbocycles. The maximum absolute atomic E-state index is 14.2. The lowest BCUT2D eigenvalue weighted by Gasteiger charge is -2.31. The van der Waals surface area contributed by atoms with Crippen LogP contribution in [0.5, 0.6) is 11.5 Å². The molecule has 2 N–H and O–H groups in total. The number of amides is 3. The number of anilines is 2. The molecule has 2 unspecified atom stereocenters. The first kappa shape index (κ1) is 31.4. The van der Waals surface area contributed by atoms with Gasteiger partial charge in [-0.15, -0.1) is 0 Å². The van der Waals surface area contributed by atoms with Crippen LogP contribution in [0.15, 0.2) is 76.6 Å². The summed E-state index contributed by atoms with van der Waals surface area (Å²) in [6.45, 7) is 1.54. The Hall–Kier alpha value is -4.59. The van der Waals surface area contributed by atoms with Crippen molar-refractivity contribution in [3.05, 3.63) is 97.4 Å². The van der Waals surface area contributed by atoms with E-state index in [1.54, 1.807) is 56.5 Å². The fourth-order valence-electron chi connectivity index (χ4n) is 5.48. The number of carbonyl (C=O) groups excluding carboxylic acids is 4. The first-order chi connectivity index (χ1) is 22.2. The standard InChI is InChI=1S/C32H26ClN3O8S2/c1-3-43-31(40)16-4-9-19(10-5-16)36-29(38)25-24(26-28(35-32(41)46-26)45-27(25)30(36)39)21-14-17(33)6-13-22(21)44-15-23(37)34-18-7-11-20(42-2)12-8-18/h4-14,24-25,27H,3,15H2,1-2H3,(H,34,37)(H,35,41)/t24-,25?,27?/m1/s1. The van der Waals surface area contributed by atoms with Gasteiger partial charge in [0, 0.05) is 27.1 Å². The minimum absolute atomic E-state index is 0.209. The van der Waals surface area contributed by atoms with Gasteiger partial charge in [-0.1, -0.05) is 34.7 Å². The van der Waals surface area contributed by atoms with E-state index < -0.39 is 40.8 Å². The molecule has 0 bridgehead atoms. The number of carbonyl (C=O) groups is 4. The number of thioether (sulfide) groups is 1. The highest BCUT2D eigenvalue weighted by atomic mass is 35.5. The summed E-state index contributed by atoms with van der Waals surface area (Å²) in [4.78, 5) is 69.6. The zero-order valence-corrected chi connectivity index (χ0v) is 26.8. The predicted octanol–water partition coefficient (Wildman–Crippen LogP) is 5.09. The SMILES string of the molecule is CCOC(=O)c1ccc(N2C(=O)C3Sc4[nH]c(=O)sc4[C@H](c4cc(Cl)ccc4OCC(=O)Nc4ccc(OC)cc4)C3C2=O)cc1. The number of imide groups is 1. The number of nitrogens with zero attached hydrogens (tertiary/aromatic N) is 1. The molecule has 3 amide bonds. The number of methoxy groups -OCH3 is 1. The molecule has 0 spiro atoms. The zero-order chi connectivity index (χ0) is 32.5. The normalized spacial score (nSPS) is 18.5. The molecule has 14 heteroatoms. The lowest BCUT2D eigenvalue weighted by atomic mass is 9.82. The van der Waals surface area contributed by atoms with Crippen molar-refractivity contribution < 1.29 is 33.4 Å². The van der Waals surface area contributed by atoms with Gasteiger partial charge in [0.2, 0.25) is 11.8 Å². The highest BCUT2D eigenvalue weighted by Gasteiger charge is 2.57. The molecule has 0 radical (unpaired) electrons. The Morgan fingerprint density at radius 2 is 1.74 bits per heavy atom. The molecule has 2 aliphatic heterocycles. The van der Waals surface area contributed by atoms with E-state index in [2.05, 4.69) is 10.3 Å². The molecular formula is C32H26ClN3O8S2. The van der Waals surface area contributed by atoms with E-state index in [-0.39, 0.29) is 29.4 Å². The number of ether oxygens (including phenoxy) is 3. The van der Waals surface area contributed by atoms with Gasteiger partial charge in [0.1, 0.15) is 16.7 Å². The summed E-state index contributed by atoms with van der Waals surface area (Å²) in [5.74, 6) is -2.69. The number of aromatic amines is 1. The number of hydrogen-bond acceptors (Lipinski definition) is 10. The van der Waals surface area contributed by atoms with E-state index in [1.165, 1.54) is 24.3 Å². The Bertz CT molecular complexity index is 1890. The van der Waals surface area contributed by atoms with Crippen LogP contribution in [0.2, 0.25) is 5.02 Å². The Morgan fingerprint density at radius 3 is 2.43 bits per heavy atom. The number of H-pyrrole nitrogens is 1. The summed E-state index contributed by atoms with van der Waals surface area (Å²) in [5, 5.41) is 2.70. The summed E-state index contributed by atoms with van der Waals surface area (Å²) in [7, 11) is 1.55. The van der Waals surface area contributed by atoms with E-state index in [4.69, 9.17) is 25.8 Å². The molecule has 3 atom stereocenters. The van der Waals surface area contributed by atoms with E-state index in [9.17, 15) is 24.0 Å². The largest absolute Gasteiger partial charge is 0.497 e. The Balaban J connectivity index is 1.31. The summed E-state index contributed by atoms with van der Waals surface area (Å²) in [6, 6.07) is 17.6. The van der Waals surface area contributed by atoms with Crippen LogP contribution in [0.3, 0.4) is 0 Å². The second-order valence-electron chi connectivity index (χ2n) is 10.3. The monoisotopic (exact) mass is 679 g/mol. The summed E-state index contributed by atoms with van der Waals surface area (Å²) < 4.78 is 16.2. The van der Waals surface area contributed by atoms with Gasteiger partial charge in [-0.25, -0.2) is 9.69 Å². The molecule has 3 aromatic carbocycles. The van der Waals surface area contributed by atoms with Crippen LogP contribution in [-0.4, -0.2) is 54.2 Å². The summed E-state index contributed by atoms with van der Waals surface area (Å²) in [6.07, 6.45) is 0. The number of halogens is 1. The molecule has 46 heavy (non-hydrogen) atoms. The molecule has 1 fully saturated rings. The number of thiazole rings is 1. The molecule has 11 nitrogen and oxygen atoms in total. The van der Waals surface area contributed by atoms with Crippen LogP contribution in [-0.2, 0) is 19.1 Å². The minimum atomic E-state index is -0.921. The maximum atomic E-state index is 14.2. The lowest BCUT2D eigenvalue weighted by molar-refractivity contribution is -0.122. The number of aromatic nitrogens is 1. The molecule has 6 rings (SSSR count). The van der Waals surface area contributed by atoms with Gasteiger partial charge >= 0.3 is 10.8 Å². The molecule has 3 heterocycles. The van der Waals surface area contributed by atoms with Crippen molar-refractivity contribution in [3.8, 4) is 11.5 Å². The molecule has 4 aromatic rings. The van der Waals surface area contributed by atoms with Gasteiger partial charge in [-0.05, 0) is 73.7 Å². The van der Waals surface area contributed by atoms with Gasteiger partial charge in [-0.3, -0.25) is 19.2 Å². The zero-order valence-electron chi connectivity index (χ0n) is 24.4. The van der Waals surface area contributed by atoms with Crippen LogP contribution < -0.4 is 24.6 Å². The van der Waals surface area contributed by atoms with Crippen molar-refractivity contribution in [1.82, 2.24) is 4.98 Å². The highest BCUT2D eigenvalue weighted by Crippen LogP contribution is 2.54. The van der Waals surface area contributed by atoms with Crippen molar-refractivity contribution in [2.75, 3.05) is 30.5 Å². The van der Waals surface area contributed by atoms with Crippen molar-refractivity contribution in [1.29, 1.82) is 0 Å². The Labute approximate surface area is 275 Å². The smallest absolute Gasteiger partial charge is 0.338 e. The average molecular weight is 680 g/mol. The van der Waals surface area contributed by atoms with Crippen LogP contribution in [0.1, 0.15) is 33.6 Å². The van der Waals surface area contributed by atoms with Crippen molar-refractivity contribution >= 4 is 69.8 Å². The van der Waals surface area contributed by atoms with E-state index in [0.717, 1.165) is 28.0 Å². The topological polar surface area (TPSA) is 144 Å². The quantitative estimate of drug-likeness (QED) is 0.183. The van der Waals surface area contributed by atoms with Crippen LogP contribution in [0, 0.1) is 5.92 Å². The fraction of sp³-hybridized carbons (Fsp3) is 0.219. The molecule has 1 aromatic heterocycles. The Morgan fingerprint density at radius 1 is 1.00 bits per heavy atom. The first-order valence-corrected chi connectivity index (χ1v) is 16.2. The third-order valence-electron chi connectivity index (χ3n) is 7.50. The number of benzene rings is 3. The van der Waals surface area contributed by atoms with E-state index in [1.807, 2.05) is 0 Å². The first-order valence-electron chi connectivity index (χ1n) is 14.1. The van der Waals surface area contributed by atoms with Crippen LogP contribution >= 0.6 is 34.7 Å². The molecule has 236 valence electrons. The molecular weight excluding hydrogens is 654 g/mol. The average Bonchev–Trinajstić information content (AvgIpc) is 3.54. The fourth-order valence-corrected chi connectivity index (χ4v) is 8.16. The van der Waals surface area contributed by atoms with Crippen molar-refractivity contribution in [2.45, 2.75) is 23.1 Å². The van der Waals surface area contributed by atoms with E-state index in [0.29, 0.717) is 37.6 Å². The third-order valence-corrected chi connectivity index (χ3v) is 10.1. The second-order valence-corrected chi connectivity index (χ2v) is 12.9. The van der Waals surface area contributed by atoms with Gasteiger partial charge in [-0.2, -0.15) is 0 Å². The summed E-state index contributed by atoms with van der Waals surface area (Å²) in [5.41, 5.74) is 1.58. The van der Waals surface area contributed by atoms with Crippen LogP contribution in [0.4, 0.5) is 11.4 Å².